The van der Waals surface area contributed by atoms with Crippen molar-refractivity contribution in [3.05, 3.63) is 82.6 Å². The molecular weight excluding hydrogens is 813 g/mol. The average molecular weight is 853 g/mol. The Kier molecular flexibility index (Phi) is 12.7. The number of nitrogens with zero attached hydrogens (tertiary/aromatic N) is 6. The second kappa shape index (κ2) is 17.3. The molecule has 0 spiro atoms. The summed E-state index contributed by atoms with van der Waals surface area (Å²) in [7, 11) is -4.92. The summed E-state index contributed by atoms with van der Waals surface area (Å²) in [6, 6.07) is 20.1. The van der Waals surface area contributed by atoms with E-state index in [1.807, 2.05) is 59.6 Å². The van der Waals surface area contributed by atoms with E-state index in [1.165, 1.54) is 34.9 Å². The van der Waals surface area contributed by atoms with Crippen molar-refractivity contribution in [1.82, 2.24) is 29.5 Å². The van der Waals surface area contributed by atoms with Gasteiger partial charge in [-0.2, -0.15) is 0 Å². The number of nitrogens with one attached hydrogen (secondary N) is 2. The quantitative estimate of drug-likeness (QED) is 0.0819. The molecule has 0 saturated carbocycles. The number of thioether (sulfide) groups is 2. The van der Waals surface area contributed by atoms with E-state index in [-0.39, 0.29) is 23.3 Å². The molecule has 12 nitrogen and oxygen atoms in total. The lowest BCUT2D eigenvalue weighted by Gasteiger charge is -2.11. The van der Waals surface area contributed by atoms with Gasteiger partial charge in [0, 0.05) is 66.5 Å². The van der Waals surface area contributed by atoms with Crippen LogP contribution in [-0.4, -0.2) is 85.0 Å². The van der Waals surface area contributed by atoms with Crippen LogP contribution >= 0.6 is 46.2 Å². The van der Waals surface area contributed by atoms with Crippen LogP contribution in [0, 0.1) is 6.92 Å². The third-order valence-electron chi connectivity index (χ3n) is 8.24. The second-order valence-corrected chi connectivity index (χ2v) is 21.4. The first-order chi connectivity index (χ1) is 26.2. The highest BCUT2D eigenvalue weighted by atomic mass is 32.2. The molecule has 2 amide bonds. The maximum atomic E-state index is 13.9. The zero-order valence-corrected chi connectivity index (χ0v) is 35.7. The molecule has 55 heavy (non-hydrogen) atoms. The van der Waals surface area contributed by atoms with Gasteiger partial charge in [-0.15, -0.1) is 43.1 Å². The number of aromatic nitrogens is 6. The minimum absolute atomic E-state index is 0.127. The molecular formula is C37H40N8O4S6. The van der Waals surface area contributed by atoms with Crippen molar-refractivity contribution < 1.29 is 18.0 Å². The molecule has 2 aromatic carbocycles. The number of thiophene rings is 2. The molecule has 0 aliphatic heterocycles. The summed E-state index contributed by atoms with van der Waals surface area (Å²) in [6.45, 7) is 7.15. The van der Waals surface area contributed by atoms with Crippen molar-refractivity contribution in [2.75, 3.05) is 34.7 Å². The van der Waals surface area contributed by atoms with Crippen LogP contribution in [0.1, 0.15) is 24.3 Å². The summed E-state index contributed by atoms with van der Waals surface area (Å²) >= 11 is 5.67. The molecule has 6 aromatic rings. The Balaban J connectivity index is 1.06. The smallest absolute Gasteiger partial charge is 0.234 e. The van der Waals surface area contributed by atoms with Crippen LogP contribution in [0.4, 0.5) is 11.4 Å². The first-order valence-electron chi connectivity index (χ1n) is 17.0. The van der Waals surface area contributed by atoms with E-state index in [2.05, 4.69) is 36.9 Å². The maximum absolute atomic E-state index is 13.9. The highest BCUT2D eigenvalue weighted by Gasteiger charge is 2.18. The van der Waals surface area contributed by atoms with Crippen molar-refractivity contribution in [3.8, 4) is 21.4 Å². The molecule has 0 radical (unpaired) electrons. The molecule has 0 fully saturated rings. The highest BCUT2D eigenvalue weighted by molar-refractivity contribution is 8.01. The van der Waals surface area contributed by atoms with Crippen molar-refractivity contribution in [3.63, 3.8) is 0 Å². The zero-order chi connectivity index (χ0) is 39.3. The van der Waals surface area contributed by atoms with Gasteiger partial charge in [-0.1, -0.05) is 29.6 Å². The molecule has 2 unspecified atom stereocenters. The van der Waals surface area contributed by atoms with Gasteiger partial charge in [0.25, 0.3) is 0 Å². The fourth-order valence-electron chi connectivity index (χ4n) is 5.45. The fourth-order valence-corrected chi connectivity index (χ4v) is 11.4. The minimum atomic E-state index is -2.57. The predicted octanol–water partition coefficient (Wildman–Crippen LogP) is 6.97. The monoisotopic (exact) mass is 852 g/mol. The van der Waals surface area contributed by atoms with Crippen molar-refractivity contribution >= 4 is 99.7 Å². The topological polar surface area (TPSA) is 154 Å². The third kappa shape index (κ3) is 9.79. The summed E-state index contributed by atoms with van der Waals surface area (Å²) in [4.78, 5) is 29.6. The van der Waals surface area contributed by atoms with E-state index < -0.39 is 19.0 Å². The molecule has 2 atom stereocenters. The van der Waals surface area contributed by atoms with Gasteiger partial charge in [0.1, 0.15) is 0 Å². The van der Waals surface area contributed by atoms with E-state index in [4.69, 9.17) is 0 Å². The molecule has 0 aliphatic rings. The van der Waals surface area contributed by atoms with Crippen molar-refractivity contribution in [2.24, 2.45) is 0 Å². The molecule has 0 bridgehead atoms. The van der Waals surface area contributed by atoms with Gasteiger partial charge in [-0.05, 0) is 108 Å². The molecule has 0 saturated heterocycles. The van der Waals surface area contributed by atoms with Gasteiger partial charge in [0.2, 0.25) is 11.8 Å². The number of rotatable bonds is 15. The van der Waals surface area contributed by atoms with E-state index in [0.717, 1.165) is 26.0 Å². The number of amides is 2. The summed E-state index contributed by atoms with van der Waals surface area (Å²) in [6.07, 6.45) is 3.28. The van der Waals surface area contributed by atoms with Gasteiger partial charge in [-0.25, -0.2) is 0 Å². The fraction of sp³-hybridized carbons (Fsp3) is 0.243. The normalized spacial score (nSPS) is 13.5. The molecule has 288 valence electrons. The number of carbonyl (C=O) groups is 2. The highest BCUT2D eigenvalue weighted by Crippen LogP contribution is 2.31. The van der Waals surface area contributed by atoms with Gasteiger partial charge in [0.05, 0.1) is 21.3 Å². The van der Waals surface area contributed by atoms with Gasteiger partial charge in [-0.3, -0.25) is 18.0 Å². The third-order valence-corrected chi connectivity index (χ3v) is 15.4. The number of hydrogen-bond acceptors (Lipinski definition) is 12. The van der Waals surface area contributed by atoms with Gasteiger partial charge in [0.15, 0.2) is 22.0 Å². The standard InChI is InChI=1S/C37H40N8O4S6/c1-7-44-34(30-10-9-19-50-30)40-42-36(44)51-21-32(46)38-25-11-14-27(15-12-25)55(6,49)23-26-13-18-31(53-26)35-41-43-37(45(35)8-2)52-22-33(47)39-29-17-16-28(20-24(29)3)54(4,5)48/h9-20,23H,4,7-8,21-22H2,1-3,5-6H3,(H,38,46)(H,39,47). The van der Waals surface area contributed by atoms with Gasteiger partial charge < -0.3 is 19.8 Å². The lowest BCUT2D eigenvalue weighted by molar-refractivity contribution is -0.114. The lowest BCUT2D eigenvalue weighted by Crippen LogP contribution is -2.15. The van der Waals surface area contributed by atoms with Crippen LogP contribution in [0.15, 0.2) is 92.2 Å². The number of benzene rings is 2. The Labute approximate surface area is 337 Å². The molecule has 2 N–H and O–H groups in total. The zero-order valence-electron chi connectivity index (χ0n) is 30.8. The first-order valence-corrected chi connectivity index (χ1v) is 24.8. The summed E-state index contributed by atoms with van der Waals surface area (Å²) < 4.78 is 30.1. The molecule has 18 heteroatoms. The molecule has 4 heterocycles. The lowest BCUT2D eigenvalue weighted by atomic mass is 10.2. The molecule has 6 rings (SSSR count). The predicted molar refractivity (Wildman–Crippen MR) is 231 cm³/mol. The number of carbonyl (C=O) groups excluding carboxylic acids is 2. The molecule has 0 aliphatic carbocycles. The van der Waals surface area contributed by atoms with E-state index in [9.17, 15) is 18.0 Å². The number of hydrogen-bond donors (Lipinski definition) is 2. The van der Waals surface area contributed by atoms with Crippen LogP contribution in [0.3, 0.4) is 0 Å². The first kappa shape index (κ1) is 40.5. The van der Waals surface area contributed by atoms with Crippen LogP contribution in [0.25, 0.3) is 21.4 Å². The Hall–Kier alpha value is -4.20. The number of anilines is 2. The Morgan fingerprint density at radius 1 is 0.800 bits per heavy atom. The van der Waals surface area contributed by atoms with E-state index >= 15 is 0 Å². The second-order valence-electron chi connectivity index (χ2n) is 12.5. The Morgan fingerprint density at radius 3 is 1.96 bits per heavy atom. The molecule has 4 aromatic heterocycles. The van der Waals surface area contributed by atoms with Crippen LogP contribution in [0.5, 0.6) is 0 Å². The van der Waals surface area contributed by atoms with Crippen molar-refractivity contribution in [2.45, 2.75) is 54.0 Å². The van der Waals surface area contributed by atoms with Gasteiger partial charge >= 0.3 is 0 Å². The Bertz CT molecular complexity index is 2560. The van der Waals surface area contributed by atoms with Crippen LogP contribution in [-0.2, 0) is 41.7 Å². The Morgan fingerprint density at radius 2 is 1.40 bits per heavy atom. The largest absolute Gasteiger partial charge is 0.325 e. The van der Waals surface area contributed by atoms with E-state index in [0.29, 0.717) is 50.4 Å². The van der Waals surface area contributed by atoms with E-state index in [1.54, 1.807) is 71.7 Å². The summed E-state index contributed by atoms with van der Waals surface area (Å²) in [5.41, 5.74) is 2.06. The summed E-state index contributed by atoms with van der Waals surface area (Å²) in [5.74, 6) is 5.11. The summed E-state index contributed by atoms with van der Waals surface area (Å²) in [5, 5.41) is 28.3. The van der Waals surface area contributed by atoms with Crippen LogP contribution in [0.2, 0.25) is 0 Å². The van der Waals surface area contributed by atoms with Crippen LogP contribution < -0.4 is 10.6 Å². The SMILES string of the molecule is C=S(C)(=O)c1ccc(NC(=O)CSc2nnc(-c3ccc(C=S(C)(=O)c4ccc(NC(=O)CSc5nnc(-c6cccs6)n5CC)cc4)s3)n2CC)c(C)c1. The number of aryl methyl sites for hydroxylation is 1. The van der Waals surface area contributed by atoms with Crippen molar-refractivity contribution in [1.29, 1.82) is 0 Å². The minimum Gasteiger partial charge on any atom is -0.325 e. The maximum Gasteiger partial charge on any atom is 0.234 e. The average Bonchev–Trinajstić information content (AvgIpc) is 3.97.